The molecule has 0 N–H and O–H groups in total. The molecule has 3 nitrogen and oxygen atoms in total. The van der Waals surface area contributed by atoms with Gasteiger partial charge in [0.05, 0.1) is 6.61 Å². The molecule has 3 heteroatoms. The van der Waals surface area contributed by atoms with Crippen LogP contribution in [0.1, 0.15) is 49.9 Å². The third kappa shape index (κ3) is 6.84. The molecule has 3 aromatic rings. The summed E-state index contributed by atoms with van der Waals surface area (Å²) < 4.78 is 11.1. The van der Waals surface area contributed by atoms with Gasteiger partial charge in [-0.25, -0.2) is 4.79 Å². The molecule has 0 aliphatic heterocycles. The lowest BCUT2D eigenvalue weighted by molar-refractivity contribution is -0.138. The van der Waals surface area contributed by atoms with Gasteiger partial charge in [-0.15, -0.1) is 0 Å². The average Bonchev–Trinajstić information content (AvgIpc) is 2.81. The van der Waals surface area contributed by atoms with E-state index in [0.717, 1.165) is 22.4 Å². The van der Waals surface area contributed by atoms with E-state index in [2.05, 4.69) is 49.4 Å². The highest BCUT2D eigenvalue weighted by Gasteiger charge is 2.08. The second kappa shape index (κ2) is 12.5. The summed E-state index contributed by atoms with van der Waals surface area (Å²) in [7, 11) is 0. The Labute approximate surface area is 192 Å². The third-order valence-corrected chi connectivity index (χ3v) is 5.00. The lowest BCUT2D eigenvalue weighted by Crippen LogP contribution is -2.05. The second-order valence-electron chi connectivity index (χ2n) is 7.37. The molecule has 0 aliphatic carbocycles. The summed E-state index contributed by atoms with van der Waals surface area (Å²) >= 11 is 0. The molecule has 32 heavy (non-hydrogen) atoms. The molecule has 0 unspecified atom stereocenters. The van der Waals surface area contributed by atoms with Crippen molar-refractivity contribution in [2.75, 3.05) is 6.61 Å². The molecule has 3 aromatic carbocycles. The van der Waals surface area contributed by atoms with E-state index < -0.39 is 0 Å². The normalized spacial score (nSPS) is 10.8. The van der Waals surface area contributed by atoms with Gasteiger partial charge < -0.3 is 9.47 Å². The monoisotopic (exact) mass is 430 g/mol. The second-order valence-corrected chi connectivity index (χ2v) is 7.37. The van der Waals surface area contributed by atoms with Crippen molar-refractivity contribution >= 4 is 12.0 Å². The maximum absolute atomic E-state index is 11.9. The Morgan fingerprint density at radius 2 is 1.62 bits per heavy atom. The predicted octanol–water partition coefficient (Wildman–Crippen LogP) is 7.54. The van der Waals surface area contributed by atoms with Gasteiger partial charge in [-0.1, -0.05) is 68.4 Å². The van der Waals surface area contributed by atoms with Crippen molar-refractivity contribution in [3.63, 3.8) is 0 Å². The van der Waals surface area contributed by atoms with E-state index in [1.807, 2.05) is 51.1 Å². The fourth-order valence-electron chi connectivity index (χ4n) is 3.32. The van der Waals surface area contributed by atoms with E-state index in [-0.39, 0.29) is 5.97 Å². The number of aryl methyl sites for hydroxylation is 2. The van der Waals surface area contributed by atoms with Gasteiger partial charge in [-0.05, 0) is 79.3 Å². The SMILES string of the molecule is CC.CCOC(=O)/C(C)=C/c1cc(OCc2ccc(-c3ccccc3)c(C)c2)ccc1C. The Balaban J connectivity index is 0.00000176. The largest absolute Gasteiger partial charge is 0.489 e. The van der Waals surface area contributed by atoms with Crippen LogP contribution in [0.2, 0.25) is 0 Å². The van der Waals surface area contributed by atoms with Crippen LogP contribution in [0.3, 0.4) is 0 Å². The van der Waals surface area contributed by atoms with Crippen molar-refractivity contribution in [1.29, 1.82) is 0 Å². The standard InChI is InChI=1S/C27H28O3.C2H6/c1-5-29-27(28)21(4)16-24-17-25(13-11-19(24)2)30-18-22-12-14-26(20(3)15-22)23-9-7-6-8-10-23;1-2/h6-17H,5,18H2,1-4H3;1-2H3/b21-16+;. The van der Waals surface area contributed by atoms with Crippen LogP contribution in [0.4, 0.5) is 0 Å². The zero-order valence-corrected chi connectivity index (χ0v) is 20.1. The fourth-order valence-corrected chi connectivity index (χ4v) is 3.32. The van der Waals surface area contributed by atoms with Crippen LogP contribution in [0.15, 0.2) is 72.3 Å². The first-order chi connectivity index (χ1) is 15.5. The van der Waals surface area contributed by atoms with E-state index in [4.69, 9.17) is 9.47 Å². The van der Waals surface area contributed by atoms with Crippen LogP contribution in [-0.2, 0) is 16.1 Å². The Bertz CT molecular complexity index is 1050. The van der Waals surface area contributed by atoms with E-state index in [0.29, 0.717) is 18.8 Å². The fraction of sp³-hybridized carbons (Fsp3) is 0.276. The lowest BCUT2D eigenvalue weighted by Gasteiger charge is -2.12. The smallest absolute Gasteiger partial charge is 0.333 e. The summed E-state index contributed by atoms with van der Waals surface area (Å²) in [6.07, 6.45) is 1.85. The number of ether oxygens (including phenoxy) is 2. The highest BCUT2D eigenvalue weighted by atomic mass is 16.5. The molecule has 168 valence electrons. The highest BCUT2D eigenvalue weighted by molar-refractivity contribution is 5.93. The van der Waals surface area contributed by atoms with Crippen LogP contribution in [0.5, 0.6) is 5.75 Å². The molecule has 0 heterocycles. The van der Waals surface area contributed by atoms with Crippen molar-refractivity contribution in [2.24, 2.45) is 0 Å². The van der Waals surface area contributed by atoms with Gasteiger partial charge >= 0.3 is 5.97 Å². The Morgan fingerprint density at radius 3 is 2.28 bits per heavy atom. The Kier molecular flexibility index (Phi) is 9.75. The zero-order valence-electron chi connectivity index (χ0n) is 20.1. The van der Waals surface area contributed by atoms with Gasteiger partial charge in [0, 0.05) is 5.57 Å². The number of carbonyl (C=O) groups is 1. The van der Waals surface area contributed by atoms with Crippen molar-refractivity contribution in [1.82, 2.24) is 0 Å². The van der Waals surface area contributed by atoms with Crippen LogP contribution in [-0.4, -0.2) is 12.6 Å². The highest BCUT2D eigenvalue weighted by Crippen LogP contribution is 2.25. The molecular weight excluding hydrogens is 396 g/mol. The quantitative estimate of drug-likeness (QED) is 0.287. The van der Waals surface area contributed by atoms with Crippen LogP contribution < -0.4 is 4.74 Å². The van der Waals surface area contributed by atoms with Crippen molar-refractivity contribution in [3.05, 3.63) is 94.6 Å². The minimum Gasteiger partial charge on any atom is -0.489 e. The zero-order chi connectivity index (χ0) is 23.5. The minimum atomic E-state index is -0.294. The topological polar surface area (TPSA) is 35.5 Å². The molecule has 0 radical (unpaired) electrons. The van der Waals surface area contributed by atoms with Crippen molar-refractivity contribution in [2.45, 2.75) is 48.1 Å². The predicted molar refractivity (Wildman–Crippen MR) is 134 cm³/mol. The number of esters is 1. The first kappa shape index (κ1) is 24.9. The minimum absolute atomic E-state index is 0.294. The lowest BCUT2D eigenvalue weighted by atomic mass is 9.99. The molecule has 0 saturated carbocycles. The molecule has 0 atom stereocenters. The molecule has 3 rings (SSSR count). The number of hydrogen-bond acceptors (Lipinski definition) is 3. The van der Waals surface area contributed by atoms with E-state index in [9.17, 15) is 4.79 Å². The van der Waals surface area contributed by atoms with Gasteiger partial charge in [-0.3, -0.25) is 0 Å². The van der Waals surface area contributed by atoms with Crippen LogP contribution in [0, 0.1) is 13.8 Å². The number of benzene rings is 3. The van der Waals surface area contributed by atoms with Crippen LogP contribution in [0.25, 0.3) is 17.2 Å². The Morgan fingerprint density at radius 1 is 0.906 bits per heavy atom. The number of hydrogen-bond donors (Lipinski definition) is 0. The molecule has 0 bridgehead atoms. The molecule has 0 aromatic heterocycles. The first-order valence-electron chi connectivity index (χ1n) is 11.2. The Hall–Kier alpha value is -3.33. The molecule has 0 amide bonds. The molecule has 0 spiro atoms. The van der Waals surface area contributed by atoms with Crippen molar-refractivity contribution in [3.8, 4) is 16.9 Å². The van der Waals surface area contributed by atoms with Gasteiger partial charge in [0.15, 0.2) is 0 Å². The number of rotatable bonds is 7. The summed E-state index contributed by atoms with van der Waals surface area (Å²) in [6.45, 7) is 12.6. The molecule has 0 fully saturated rings. The van der Waals surface area contributed by atoms with Gasteiger partial charge in [0.2, 0.25) is 0 Å². The molecular formula is C29H34O3. The summed E-state index contributed by atoms with van der Waals surface area (Å²) in [5.41, 5.74) is 7.39. The van der Waals surface area contributed by atoms with Crippen molar-refractivity contribution < 1.29 is 14.3 Å². The summed E-state index contributed by atoms with van der Waals surface area (Å²) in [5.74, 6) is 0.477. The van der Waals surface area contributed by atoms with Crippen LogP contribution >= 0.6 is 0 Å². The summed E-state index contributed by atoms with van der Waals surface area (Å²) in [6, 6.07) is 22.7. The average molecular weight is 431 g/mol. The molecule has 0 saturated heterocycles. The van der Waals surface area contributed by atoms with E-state index >= 15 is 0 Å². The molecule has 0 aliphatic rings. The maximum atomic E-state index is 11.9. The summed E-state index contributed by atoms with van der Waals surface area (Å²) in [5, 5.41) is 0. The first-order valence-corrected chi connectivity index (χ1v) is 11.2. The third-order valence-electron chi connectivity index (χ3n) is 5.00. The van der Waals surface area contributed by atoms with Gasteiger partial charge in [-0.2, -0.15) is 0 Å². The number of carbonyl (C=O) groups excluding carboxylic acids is 1. The van der Waals surface area contributed by atoms with Gasteiger partial charge in [0.1, 0.15) is 12.4 Å². The summed E-state index contributed by atoms with van der Waals surface area (Å²) in [4.78, 5) is 11.9. The van der Waals surface area contributed by atoms with E-state index in [1.165, 1.54) is 16.7 Å². The van der Waals surface area contributed by atoms with E-state index in [1.54, 1.807) is 13.8 Å². The maximum Gasteiger partial charge on any atom is 0.333 e. The van der Waals surface area contributed by atoms with Gasteiger partial charge in [0.25, 0.3) is 0 Å².